The first-order valence-electron chi connectivity index (χ1n) is 9.59. The van der Waals surface area contributed by atoms with Gasteiger partial charge in [0.15, 0.2) is 0 Å². The van der Waals surface area contributed by atoms with Crippen molar-refractivity contribution in [1.29, 1.82) is 0 Å². The second-order valence-corrected chi connectivity index (χ2v) is 7.57. The van der Waals surface area contributed by atoms with Gasteiger partial charge in [0, 0.05) is 13.1 Å². The molecule has 3 heteroatoms. The van der Waals surface area contributed by atoms with Crippen LogP contribution in [0.4, 0.5) is 0 Å². The molecule has 1 N–H and O–H groups in total. The number of ether oxygens (including phenoxy) is 1. The number of aliphatic hydroxyl groups is 1. The minimum absolute atomic E-state index is 0.316. The Morgan fingerprint density at radius 1 is 0.962 bits per heavy atom. The molecule has 142 valence electrons. The van der Waals surface area contributed by atoms with E-state index in [-0.39, 0.29) is 0 Å². The van der Waals surface area contributed by atoms with Gasteiger partial charge in [-0.3, -0.25) is 4.90 Å². The van der Waals surface area contributed by atoms with Gasteiger partial charge >= 0.3 is 0 Å². The Hall–Kier alpha value is -1.84. The molecule has 0 spiro atoms. The molecule has 0 bridgehead atoms. The molecule has 1 atom stereocenters. The summed E-state index contributed by atoms with van der Waals surface area (Å²) in [6, 6.07) is 16.4. The summed E-state index contributed by atoms with van der Waals surface area (Å²) >= 11 is 0. The monoisotopic (exact) mass is 355 g/mol. The van der Waals surface area contributed by atoms with Crippen LogP contribution in [-0.2, 0) is 6.54 Å². The molecule has 0 saturated heterocycles. The maximum Gasteiger partial charge on any atom is 0.122 e. The lowest BCUT2D eigenvalue weighted by Gasteiger charge is -2.26. The molecule has 3 nitrogen and oxygen atoms in total. The van der Waals surface area contributed by atoms with Gasteiger partial charge in [-0.25, -0.2) is 0 Å². The molecule has 0 heterocycles. The minimum Gasteiger partial charge on any atom is -0.491 e. The van der Waals surface area contributed by atoms with Gasteiger partial charge in [0.2, 0.25) is 0 Å². The van der Waals surface area contributed by atoms with Gasteiger partial charge in [0.1, 0.15) is 18.5 Å². The summed E-state index contributed by atoms with van der Waals surface area (Å²) in [5, 5.41) is 10.5. The molecule has 0 aliphatic carbocycles. The molecule has 2 rings (SSSR count). The zero-order valence-corrected chi connectivity index (χ0v) is 16.6. The molecular formula is C23H33NO2. The predicted octanol–water partition coefficient (Wildman–Crippen LogP) is 4.59. The SMILES string of the molecule is Cc1ccccc1CN(CCC(C)C)C[C@H](O)COc1ccccc1C. The highest BCUT2D eigenvalue weighted by atomic mass is 16.5. The number of hydrogen-bond acceptors (Lipinski definition) is 3. The fraction of sp³-hybridized carbons (Fsp3) is 0.478. The smallest absolute Gasteiger partial charge is 0.122 e. The van der Waals surface area contributed by atoms with Crippen molar-refractivity contribution in [3.05, 3.63) is 65.2 Å². The largest absolute Gasteiger partial charge is 0.491 e. The number of aryl methyl sites for hydroxylation is 2. The Morgan fingerprint density at radius 3 is 2.27 bits per heavy atom. The zero-order chi connectivity index (χ0) is 18.9. The average molecular weight is 356 g/mol. The Balaban J connectivity index is 1.94. The van der Waals surface area contributed by atoms with Crippen molar-refractivity contribution in [2.75, 3.05) is 19.7 Å². The molecule has 0 saturated carbocycles. The van der Waals surface area contributed by atoms with Crippen molar-refractivity contribution in [2.24, 2.45) is 5.92 Å². The first-order valence-corrected chi connectivity index (χ1v) is 9.59. The summed E-state index contributed by atoms with van der Waals surface area (Å²) in [7, 11) is 0. The molecule has 0 radical (unpaired) electrons. The number of hydrogen-bond donors (Lipinski definition) is 1. The van der Waals surface area contributed by atoms with Crippen LogP contribution < -0.4 is 4.74 Å². The highest BCUT2D eigenvalue weighted by molar-refractivity contribution is 5.31. The summed E-state index contributed by atoms with van der Waals surface area (Å²) in [6.07, 6.45) is 0.614. The lowest BCUT2D eigenvalue weighted by atomic mass is 10.1. The van der Waals surface area contributed by atoms with Gasteiger partial charge < -0.3 is 9.84 Å². The Morgan fingerprint density at radius 2 is 1.62 bits per heavy atom. The summed E-state index contributed by atoms with van der Waals surface area (Å²) in [4.78, 5) is 2.34. The Kier molecular flexibility index (Phi) is 8.14. The standard InChI is InChI=1S/C23H33NO2/c1-18(2)13-14-24(15-21-11-7-5-9-19(21)3)16-22(25)17-26-23-12-8-6-10-20(23)4/h5-12,18,22,25H,13-17H2,1-4H3/t22-/m0/s1. The van der Waals surface area contributed by atoms with E-state index in [0.29, 0.717) is 19.1 Å². The molecule has 0 aromatic heterocycles. The summed E-state index contributed by atoms with van der Waals surface area (Å²) in [5.41, 5.74) is 3.72. The molecule has 0 unspecified atom stereocenters. The number of rotatable bonds is 10. The Bertz CT molecular complexity index is 669. The van der Waals surface area contributed by atoms with Gasteiger partial charge in [-0.15, -0.1) is 0 Å². The van der Waals surface area contributed by atoms with Crippen LogP contribution in [0.2, 0.25) is 0 Å². The highest BCUT2D eigenvalue weighted by Crippen LogP contribution is 2.17. The van der Waals surface area contributed by atoms with Crippen LogP contribution in [-0.4, -0.2) is 35.8 Å². The number of para-hydroxylation sites is 1. The van der Waals surface area contributed by atoms with Crippen molar-refractivity contribution < 1.29 is 9.84 Å². The fourth-order valence-electron chi connectivity index (χ4n) is 2.96. The van der Waals surface area contributed by atoms with Crippen LogP contribution in [0.5, 0.6) is 5.75 Å². The molecule has 0 aliphatic heterocycles. The molecular weight excluding hydrogens is 322 g/mol. The van der Waals surface area contributed by atoms with E-state index in [1.54, 1.807) is 0 Å². The molecule has 0 fully saturated rings. The summed E-state index contributed by atoms with van der Waals surface area (Å²) < 4.78 is 5.82. The average Bonchev–Trinajstić information content (AvgIpc) is 2.61. The normalized spacial score (nSPS) is 12.6. The maximum atomic E-state index is 10.5. The lowest BCUT2D eigenvalue weighted by Crippen LogP contribution is -2.36. The molecule has 2 aromatic carbocycles. The van der Waals surface area contributed by atoms with Gasteiger partial charge in [-0.1, -0.05) is 56.3 Å². The number of nitrogens with zero attached hydrogens (tertiary/aromatic N) is 1. The Labute approximate surface area is 158 Å². The molecule has 2 aromatic rings. The topological polar surface area (TPSA) is 32.7 Å². The first-order chi connectivity index (χ1) is 12.5. The second-order valence-electron chi connectivity index (χ2n) is 7.57. The van der Waals surface area contributed by atoms with E-state index in [4.69, 9.17) is 4.74 Å². The third kappa shape index (κ3) is 6.81. The van der Waals surface area contributed by atoms with E-state index in [1.165, 1.54) is 11.1 Å². The van der Waals surface area contributed by atoms with E-state index < -0.39 is 6.10 Å². The minimum atomic E-state index is -0.509. The molecule has 0 amide bonds. The third-order valence-electron chi connectivity index (χ3n) is 4.67. The quantitative estimate of drug-likeness (QED) is 0.676. The second kappa shape index (κ2) is 10.3. The number of benzene rings is 2. The van der Waals surface area contributed by atoms with E-state index >= 15 is 0 Å². The maximum absolute atomic E-state index is 10.5. The van der Waals surface area contributed by atoms with Gasteiger partial charge in [-0.05, 0) is 55.5 Å². The van der Waals surface area contributed by atoms with Crippen molar-refractivity contribution in [3.8, 4) is 5.75 Å². The van der Waals surface area contributed by atoms with Crippen molar-refractivity contribution in [2.45, 2.75) is 46.8 Å². The van der Waals surface area contributed by atoms with Crippen LogP contribution in [0, 0.1) is 19.8 Å². The molecule has 26 heavy (non-hydrogen) atoms. The van der Waals surface area contributed by atoms with Crippen LogP contribution in [0.15, 0.2) is 48.5 Å². The van der Waals surface area contributed by atoms with Gasteiger partial charge in [-0.2, -0.15) is 0 Å². The van der Waals surface area contributed by atoms with Crippen molar-refractivity contribution in [1.82, 2.24) is 4.90 Å². The molecule has 0 aliphatic rings. The fourth-order valence-corrected chi connectivity index (χ4v) is 2.96. The van der Waals surface area contributed by atoms with Crippen LogP contribution in [0.1, 0.15) is 37.0 Å². The van der Waals surface area contributed by atoms with Gasteiger partial charge in [0.05, 0.1) is 0 Å². The van der Waals surface area contributed by atoms with Crippen LogP contribution >= 0.6 is 0 Å². The lowest BCUT2D eigenvalue weighted by molar-refractivity contribution is 0.0636. The first kappa shape index (κ1) is 20.5. The van der Waals surface area contributed by atoms with Crippen molar-refractivity contribution >= 4 is 0 Å². The van der Waals surface area contributed by atoms with Crippen LogP contribution in [0.3, 0.4) is 0 Å². The predicted molar refractivity (Wildman–Crippen MR) is 109 cm³/mol. The zero-order valence-electron chi connectivity index (χ0n) is 16.6. The van der Waals surface area contributed by atoms with E-state index in [0.717, 1.165) is 30.8 Å². The van der Waals surface area contributed by atoms with Crippen molar-refractivity contribution in [3.63, 3.8) is 0 Å². The third-order valence-corrected chi connectivity index (χ3v) is 4.67. The summed E-state index contributed by atoms with van der Waals surface area (Å²) in [5.74, 6) is 1.49. The van der Waals surface area contributed by atoms with E-state index in [9.17, 15) is 5.11 Å². The van der Waals surface area contributed by atoms with Gasteiger partial charge in [0.25, 0.3) is 0 Å². The highest BCUT2D eigenvalue weighted by Gasteiger charge is 2.15. The van der Waals surface area contributed by atoms with E-state index in [2.05, 4.69) is 49.9 Å². The van der Waals surface area contributed by atoms with Crippen LogP contribution in [0.25, 0.3) is 0 Å². The number of aliphatic hydroxyl groups excluding tert-OH is 1. The van der Waals surface area contributed by atoms with E-state index in [1.807, 2.05) is 31.2 Å². The summed E-state index contributed by atoms with van der Waals surface area (Å²) in [6.45, 7) is 11.4.